The molecule has 0 aliphatic heterocycles. The number of fused-ring (bicyclic) bond motifs is 1. The highest BCUT2D eigenvalue weighted by Gasteiger charge is 2.17. The van der Waals surface area contributed by atoms with Crippen molar-refractivity contribution in [1.82, 2.24) is 4.98 Å². The van der Waals surface area contributed by atoms with Gasteiger partial charge in [-0.15, -0.1) is 0 Å². The minimum absolute atomic E-state index is 0.482. The van der Waals surface area contributed by atoms with Crippen molar-refractivity contribution in [2.45, 2.75) is 6.10 Å². The number of hydrogen-bond acceptors (Lipinski definition) is 5. The topological polar surface area (TPSA) is 85.5 Å². The van der Waals surface area contributed by atoms with Crippen molar-refractivity contribution in [2.24, 2.45) is 0 Å². The average molecular weight is 248 g/mol. The smallest absolute Gasteiger partial charge is 0.233 e. The summed E-state index contributed by atoms with van der Waals surface area (Å²) in [4.78, 5) is 14.0. The summed E-state index contributed by atoms with van der Waals surface area (Å²) in [5.74, 6) is 0.616. The fourth-order valence-electron chi connectivity index (χ4n) is 1.80. The molecule has 0 spiro atoms. The van der Waals surface area contributed by atoms with Gasteiger partial charge in [-0.25, -0.2) is 0 Å². The van der Waals surface area contributed by atoms with Crippen molar-refractivity contribution in [2.75, 3.05) is 13.7 Å². The van der Waals surface area contributed by atoms with Gasteiger partial charge in [0.15, 0.2) is 0 Å². The summed E-state index contributed by atoms with van der Waals surface area (Å²) < 4.78 is 5.09. The summed E-state index contributed by atoms with van der Waals surface area (Å²) in [5.41, 5.74) is 1.14. The van der Waals surface area contributed by atoms with Gasteiger partial charge in [-0.2, -0.15) is 0 Å². The average Bonchev–Trinajstić information content (AvgIpc) is 2.36. The maximum Gasteiger partial charge on any atom is 0.233 e. The number of nitro groups is 1. The van der Waals surface area contributed by atoms with Gasteiger partial charge in [-0.05, 0) is 29.8 Å². The first-order valence-corrected chi connectivity index (χ1v) is 5.34. The van der Waals surface area contributed by atoms with Crippen molar-refractivity contribution in [3.8, 4) is 5.75 Å². The zero-order valence-electron chi connectivity index (χ0n) is 9.74. The van der Waals surface area contributed by atoms with Crippen molar-refractivity contribution in [3.05, 3.63) is 46.1 Å². The van der Waals surface area contributed by atoms with Gasteiger partial charge in [0.2, 0.25) is 6.54 Å². The SMILES string of the molecule is COc1ccc2nccc(C(O)C[N+](=O)[O-])c2c1. The number of rotatable bonds is 4. The van der Waals surface area contributed by atoms with Crippen LogP contribution in [-0.2, 0) is 0 Å². The molecule has 1 heterocycles. The van der Waals surface area contributed by atoms with Crippen LogP contribution in [0.15, 0.2) is 30.5 Å². The summed E-state index contributed by atoms with van der Waals surface area (Å²) >= 11 is 0. The van der Waals surface area contributed by atoms with E-state index >= 15 is 0 Å². The third-order valence-corrected chi connectivity index (χ3v) is 2.66. The van der Waals surface area contributed by atoms with Crippen molar-refractivity contribution < 1.29 is 14.8 Å². The number of hydrogen-bond donors (Lipinski definition) is 1. The van der Waals surface area contributed by atoms with Gasteiger partial charge in [-0.3, -0.25) is 15.1 Å². The second-order valence-corrected chi connectivity index (χ2v) is 3.81. The molecule has 0 radical (unpaired) electrons. The van der Waals surface area contributed by atoms with E-state index in [0.29, 0.717) is 22.2 Å². The summed E-state index contributed by atoms with van der Waals surface area (Å²) in [5, 5.41) is 20.9. The minimum Gasteiger partial charge on any atom is -0.497 e. The first-order chi connectivity index (χ1) is 8.61. The normalized spacial score (nSPS) is 12.3. The summed E-state index contributed by atoms with van der Waals surface area (Å²) in [6, 6.07) is 6.78. The summed E-state index contributed by atoms with van der Waals surface area (Å²) in [6.07, 6.45) is 0.366. The van der Waals surface area contributed by atoms with Crippen LogP contribution in [0.1, 0.15) is 11.7 Å². The number of methoxy groups -OCH3 is 1. The number of benzene rings is 1. The number of pyridine rings is 1. The van der Waals surface area contributed by atoms with Crippen LogP contribution >= 0.6 is 0 Å². The summed E-state index contributed by atoms with van der Waals surface area (Å²) in [6.45, 7) is -0.531. The van der Waals surface area contributed by atoms with Gasteiger partial charge in [0.05, 0.1) is 12.6 Å². The lowest BCUT2D eigenvalue weighted by molar-refractivity contribution is -0.491. The van der Waals surface area contributed by atoms with Gasteiger partial charge < -0.3 is 9.84 Å². The Morgan fingerprint density at radius 2 is 2.28 bits per heavy atom. The molecule has 1 unspecified atom stereocenters. The lowest BCUT2D eigenvalue weighted by Crippen LogP contribution is -2.12. The maximum atomic E-state index is 10.4. The van der Waals surface area contributed by atoms with E-state index in [1.165, 1.54) is 13.3 Å². The molecule has 2 aromatic rings. The molecule has 1 aromatic carbocycles. The van der Waals surface area contributed by atoms with E-state index in [4.69, 9.17) is 4.74 Å². The Hall–Kier alpha value is -2.21. The lowest BCUT2D eigenvalue weighted by atomic mass is 10.0. The van der Waals surface area contributed by atoms with E-state index < -0.39 is 17.6 Å². The Balaban J connectivity index is 2.52. The molecule has 94 valence electrons. The Morgan fingerprint density at radius 1 is 1.50 bits per heavy atom. The van der Waals surface area contributed by atoms with E-state index in [9.17, 15) is 15.2 Å². The zero-order valence-corrected chi connectivity index (χ0v) is 9.74. The molecular formula is C12H12N2O4. The van der Waals surface area contributed by atoms with Crippen molar-refractivity contribution in [1.29, 1.82) is 0 Å². The van der Waals surface area contributed by atoms with Crippen LogP contribution in [0.2, 0.25) is 0 Å². The van der Waals surface area contributed by atoms with Gasteiger partial charge in [0, 0.05) is 16.5 Å². The molecule has 2 rings (SSSR count). The van der Waals surface area contributed by atoms with Gasteiger partial charge in [-0.1, -0.05) is 0 Å². The first kappa shape index (κ1) is 12.3. The number of aliphatic hydroxyl groups excluding tert-OH is 1. The minimum atomic E-state index is -1.15. The van der Waals surface area contributed by atoms with E-state index in [1.54, 1.807) is 24.3 Å². The Morgan fingerprint density at radius 3 is 2.94 bits per heavy atom. The van der Waals surface area contributed by atoms with Gasteiger partial charge in [0.1, 0.15) is 11.9 Å². The highest BCUT2D eigenvalue weighted by molar-refractivity contribution is 5.83. The molecule has 0 aliphatic rings. The Bertz CT molecular complexity index is 585. The predicted octanol–water partition coefficient (Wildman–Crippen LogP) is 1.55. The third kappa shape index (κ3) is 2.38. The van der Waals surface area contributed by atoms with Crippen LogP contribution in [0.25, 0.3) is 10.9 Å². The standard InChI is InChI=1S/C12H12N2O4/c1-18-8-2-3-11-10(6-8)9(4-5-13-11)12(15)7-14(16)17/h2-6,12,15H,7H2,1H3. The fraction of sp³-hybridized carbons (Fsp3) is 0.250. The second-order valence-electron chi connectivity index (χ2n) is 3.81. The fourth-order valence-corrected chi connectivity index (χ4v) is 1.80. The predicted molar refractivity (Wildman–Crippen MR) is 65.1 cm³/mol. The highest BCUT2D eigenvalue weighted by Crippen LogP contribution is 2.26. The molecule has 0 fully saturated rings. The second kappa shape index (κ2) is 4.97. The quantitative estimate of drug-likeness (QED) is 0.655. The molecule has 1 N–H and O–H groups in total. The maximum absolute atomic E-state index is 10.4. The number of nitrogens with zero attached hydrogens (tertiary/aromatic N) is 2. The van der Waals surface area contributed by atoms with Crippen LogP contribution in [0.3, 0.4) is 0 Å². The van der Waals surface area contributed by atoms with Crippen LogP contribution in [0.5, 0.6) is 5.75 Å². The molecule has 18 heavy (non-hydrogen) atoms. The zero-order chi connectivity index (χ0) is 13.1. The molecule has 0 amide bonds. The van der Waals surface area contributed by atoms with Crippen molar-refractivity contribution >= 4 is 10.9 Å². The molecule has 0 aliphatic carbocycles. The van der Waals surface area contributed by atoms with E-state index in [0.717, 1.165) is 0 Å². The van der Waals surface area contributed by atoms with Crippen LogP contribution in [0.4, 0.5) is 0 Å². The third-order valence-electron chi connectivity index (χ3n) is 2.66. The molecule has 1 atom stereocenters. The molecule has 6 nitrogen and oxygen atoms in total. The number of ether oxygens (including phenoxy) is 1. The van der Waals surface area contributed by atoms with E-state index in [2.05, 4.69) is 4.98 Å². The van der Waals surface area contributed by atoms with Gasteiger partial charge >= 0.3 is 0 Å². The molecule has 0 saturated heterocycles. The van der Waals surface area contributed by atoms with Crippen LogP contribution in [-0.4, -0.2) is 28.7 Å². The first-order valence-electron chi connectivity index (χ1n) is 5.34. The van der Waals surface area contributed by atoms with Crippen LogP contribution in [0, 0.1) is 10.1 Å². The lowest BCUT2D eigenvalue weighted by Gasteiger charge is -2.10. The molecule has 1 aromatic heterocycles. The van der Waals surface area contributed by atoms with Crippen LogP contribution < -0.4 is 4.74 Å². The van der Waals surface area contributed by atoms with Crippen molar-refractivity contribution in [3.63, 3.8) is 0 Å². The number of aromatic nitrogens is 1. The van der Waals surface area contributed by atoms with Gasteiger partial charge in [0.25, 0.3) is 0 Å². The monoisotopic (exact) mass is 248 g/mol. The molecular weight excluding hydrogens is 236 g/mol. The molecule has 0 saturated carbocycles. The molecule has 0 bridgehead atoms. The highest BCUT2D eigenvalue weighted by atomic mass is 16.6. The van der Waals surface area contributed by atoms with E-state index in [1.807, 2.05) is 0 Å². The van der Waals surface area contributed by atoms with E-state index in [-0.39, 0.29) is 0 Å². The Labute approximate surface area is 103 Å². The largest absolute Gasteiger partial charge is 0.497 e. The molecule has 6 heteroatoms. The summed E-state index contributed by atoms with van der Waals surface area (Å²) in [7, 11) is 1.53. The number of aliphatic hydroxyl groups is 1. The Kier molecular flexibility index (Phi) is 3.38.